The molecule has 110 valence electrons. The van der Waals surface area contributed by atoms with Crippen molar-refractivity contribution in [3.05, 3.63) is 0 Å². The number of hydrogen-bond acceptors (Lipinski definition) is 3. The van der Waals surface area contributed by atoms with E-state index in [0.29, 0.717) is 5.54 Å². The van der Waals surface area contributed by atoms with Crippen LogP contribution >= 0.6 is 0 Å². The second-order valence-corrected chi connectivity index (χ2v) is 6.97. The Labute approximate surface area is 118 Å². The minimum atomic E-state index is 0.364. The molecule has 2 saturated heterocycles. The smallest absolute Gasteiger partial charge is 0.0332 e. The van der Waals surface area contributed by atoms with E-state index in [2.05, 4.69) is 9.80 Å². The summed E-state index contributed by atoms with van der Waals surface area (Å²) in [5.41, 5.74) is 6.55. The van der Waals surface area contributed by atoms with E-state index in [1.54, 1.807) is 0 Å². The Balaban J connectivity index is 1.60. The number of hydrogen-bond donors (Lipinski definition) is 1. The number of likely N-dealkylation sites (tertiary alicyclic amines) is 2. The topological polar surface area (TPSA) is 32.5 Å². The third-order valence-electron chi connectivity index (χ3n) is 5.91. The SMILES string of the molecule is NCC1(N2CCC(N3CCCCC3)C2)CCCCC1. The second kappa shape index (κ2) is 6.11. The van der Waals surface area contributed by atoms with E-state index in [-0.39, 0.29) is 0 Å². The number of nitrogens with zero attached hydrogens (tertiary/aromatic N) is 2. The molecule has 0 aromatic carbocycles. The summed E-state index contributed by atoms with van der Waals surface area (Å²) >= 11 is 0. The van der Waals surface area contributed by atoms with Crippen LogP contribution in [0.4, 0.5) is 0 Å². The van der Waals surface area contributed by atoms with Gasteiger partial charge in [0.05, 0.1) is 0 Å². The molecule has 3 aliphatic rings. The standard InChI is InChI=1S/C16H31N3/c17-14-16(8-3-1-4-9-16)19-12-7-15(13-19)18-10-5-2-6-11-18/h15H,1-14,17H2. The van der Waals surface area contributed by atoms with E-state index >= 15 is 0 Å². The van der Waals surface area contributed by atoms with Gasteiger partial charge >= 0.3 is 0 Å². The molecular weight excluding hydrogens is 234 g/mol. The fraction of sp³-hybridized carbons (Fsp3) is 1.00. The molecule has 2 N–H and O–H groups in total. The molecule has 2 aliphatic heterocycles. The van der Waals surface area contributed by atoms with Gasteiger partial charge in [-0.25, -0.2) is 0 Å². The third kappa shape index (κ3) is 2.84. The van der Waals surface area contributed by atoms with E-state index in [9.17, 15) is 0 Å². The normalized spacial score (nSPS) is 33.6. The average Bonchev–Trinajstić information content (AvgIpc) is 2.99. The molecule has 0 spiro atoms. The summed E-state index contributed by atoms with van der Waals surface area (Å²) in [5, 5.41) is 0. The van der Waals surface area contributed by atoms with E-state index in [4.69, 9.17) is 5.73 Å². The molecule has 0 aromatic heterocycles. The molecule has 3 heteroatoms. The Morgan fingerprint density at radius 1 is 0.895 bits per heavy atom. The molecule has 2 heterocycles. The molecule has 19 heavy (non-hydrogen) atoms. The Morgan fingerprint density at radius 3 is 2.26 bits per heavy atom. The van der Waals surface area contributed by atoms with Crippen LogP contribution in [0.3, 0.4) is 0 Å². The van der Waals surface area contributed by atoms with Gasteiger partial charge in [0.1, 0.15) is 0 Å². The summed E-state index contributed by atoms with van der Waals surface area (Å²) in [6, 6.07) is 0.825. The van der Waals surface area contributed by atoms with Crippen LogP contribution in [-0.2, 0) is 0 Å². The van der Waals surface area contributed by atoms with Crippen molar-refractivity contribution in [3.8, 4) is 0 Å². The molecule has 1 atom stereocenters. The highest BCUT2D eigenvalue weighted by atomic mass is 15.3. The molecule has 0 bridgehead atoms. The lowest BCUT2D eigenvalue weighted by atomic mass is 9.80. The predicted molar refractivity (Wildman–Crippen MR) is 80.3 cm³/mol. The highest BCUT2D eigenvalue weighted by molar-refractivity contribution is 4.99. The van der Waals surface area contributed by atoms with Crippen LogP contribution in [0.5, 0.6) is 0 Å². The molecule has 1 unspecified atom stereocenters. The van der Waals surface area contributed by atoms with Crippen LogP contribution in [0.1, 0.15) is 57.8 Å². The maximum Gasteiger partial charge on any atom is 0.0332 e. The van der Waals surface area contributed by atoms with Gasteiger partial charge in [0.25, 0.3) is 0 Å². The van der Waals surface area contributed by atoms with Crippen molar-refractivity contribution in [2.45, 2.75) is 69.4 Å². The fourth-order valence-electron chi connectivity index (χ4n) is 4.61. The van der Waals surface area contributed by atoms with Gasteiger partial charge in [-0.05, 0) is 45.2 Å². The van der Waals surface area contributed by atoms with E-state index < -0.39 is 0 Å². The van der Waals surface area contributed by atoms with Gasteiger partial charge in [-0.15, -0.1) is 0 Å². The first-order valence-electron chi connectivity index (χ1n) is 8.53. The van der Waals surface area contributed by atoms with Gasteiger partial charge in [-0.1, -0.05) is 25.7 Å². The molecule has 1 saturated carbocycles. The van der Waals surface area contributed by atoms with Gasteiger partial charge in [-0.3, -0.25) is 9.80 Å². The Hall–Kier alpha value is -0.120. The van der Waals surface area contributed by atoms with Crippen LogP contribution in [-0.4, -0.2) is 54.1 Å². The van der Waals surface area contributed by atoms with Gasteiger partial charge in [-0.2, -0.15) is 0 Å². The van der Waals surface area contributed by atoms with Crippen molar-refractivity contribution < 1.29 is 0 Å². The summed E-state index contributed by atoms with van der Waals surface area (Å²) in [5.74, 6) is 0. The predicted octanol–water partition coefficient (Wildman–Crippen LogP) is 2.21. The van der Waals surface area contributed by atoms with Crippen molar-refractivity contribution >= 4 is 0 Å². The Morgan fingerprint density at radius 2 is 1.58 bits per heavy atom. The number of rotatable bonds is 3. The third-order valence-corrected chi connectivity index (χ3v) is 5.91. The second-order valence-electron chi connectivity index (χ2n) is 6.97. The maximum absolute atomic E-state index is 6.19. The highest BCUT2D eigenvalue weighted by Crippen LogP contribution is 2.36. The summed E-state index contributed by atoms with van der Waals surface area (Å²) in [4.78, 5) is 5.53. The molecule has 3 nitrogen and oxygen atoms in total. The van der Waals surface area contributed by atoms with Crippen molar-refractivity contribution in [3.63, 3.8) is 0 Å². The fourth-order valence-corrected chi connectivity index (χ4v) is 4.61. The lowest BCUT2D eigenvalue weighted by Crippen LogP contribution is -2.55. The quantitative estimate of drug-likeness (QED) is 0.849. The molecule has 1 aliphatic carbocycles. The summed E-state index contributed by atoms with van der Waals surface area (Å²) in [6.45, 7) is 6.14. The zero-order valence-electron chi connectivity index (χ0n) is 12.4. The van der Waals surface area contributed by atoms with Crippen LogP contribution in [0.2, 0.25) is 0 Å². The first-order chi connectivity index (χ1) is 9.34. The van der Waals surface area contributed by atoms with Gasteiger partial charge in [0.15, 0.2) is 0 Å². The van der Waals surface area contributed by atoms with Crippen LogP contribution in [0, 0.1) is 0 Å². The lowest BCUT2D eigenvalue weighted by Gasteiger charge is -2.44. The Bertz CT molecular complexity index is 280. The monoisotopic (exact) mass is 265 g/mol. The zero-order chi connectivity index (χ0) is 13.1. The molecule has 3 fully saturated rings. The largest absolute Gasteiger partial charge is 0.329 e. The zero-order valence-corrected chi connectivity index (χ0v) is 12.4. The van der Waals surface area contributed by atoms with Gasteiger partial charge < -0.3 is 5.73 Å². The summed E-state index contributed by atoms with van der Waals surface area (Å²) in [6.07, 6.45) is 12.5. The minimum absolute atomic E-state index is 0.364. The number of piperidine rings is 1. The van der Waals surface area contributed by atoms with E-state index in [1.165, 1.54) is 84.0 Å². The summed E-state index contributed by atoms with van der Waals surface area (Å²) in [7, 11) is 0. The van der Waals surface area contributed by atoms with E-state index in [0.717, 1.165) is 12.6 Å². The van der Waals surface area contributed by atoms with Gasteiger partial charge in [0, 0.05) is 31.2 Å². The van der Waals surface area contributed by atoms with Crippen molar-refractivity contribution in [2.24, 2.45) is 5.73 Å². The average molecular weight is 265 g/mol. The summed E-state index contributed by atoms with van der Waals surface area (Å²) < 4.78 is 0. The van der Waals surface area contributed by atoms with Gasteiger partial charge in [0.2, 0.25) is 0 Å². The number of nitrogens with two attached hydrogens (primary N) is 1. The lowest BCUT2D eigenvalue weighted by molar-refractivity contribution is 0.0677. The van der Waals surface area contributed by atoms with Crippen molar-refractivity contribution in [1.29, 1.82) is 0 Å². The molecule has 0 radical (unpaired) electrons. The first-order valence-corrected chi connectivity index (χ1v) is 8.53. The van der Waals surface area contributed by atoms with Crippen LogP contribution in [0.15, 0.2) is 0 Å². The first kappa shape index (κ1) is 13.8. The minimum Gasteiger partial charge on any atom is -0.329 e. The van der Waals surface area contributed by atoms with Crippen LogP contribution in [0.25, 0.3) is 0 Å². The Kier molecular flexibility index (Phi) is 4.45. The van der Waals surface area contributed by atoms with E-state index in [1.807, 2.05) is 0 Å². The molecular formula is C16H31N3. The highest BCUT2D eigenvalue weighted by Gasteiger charge is 2.41. The van der Waals surface area contributed by atoms with Crippen molar-refractivity contribution in [1.82, 2.24) is 9.80 Å². The van der Waals surface area contributed by atoms with Crippen LogP contribution < -0.4 is 5.73 Å². The molecule has 0 aromatic rings. The molecule has 0 amide bonds. The van der Waals surface area contributed by atoms with Crippen molar-refractivity contribution in [2.75, 3.05) is 32.7 Å². The molecule has 3 rings (SSSR count). The maximum atomic E-state index is 6.19.